The largest absolute Gasteiger partial charge is 0.221 e. The van der Waals surface area contributed by atoms with Crippen LogP contribution in [0.15, 0.2) is 0 Å². The minimum atomic E-state index is -3.11. The maximum Gasteiger partial charge on any atom is 0.221 e. The van der Waals surface area contributed by atoms with Gasteiger partial charge < -0.3 is 0 Å². The Bertz CT molecular complexity index is 269. The first-order chi connectivity index (χ1) is 6.59. The number of rotatable bonds is 4. The molecule has 1 aliphatic carbocycles. The highest BCUT2D eigenvalue weighted by Crippen LogP contribution is 2.27. The lowest BCUT2D eigenvalue weighted by atomic mass is 9.96. The maximum atomic E-state index is 11.4. The minimum Gasteiger partial charge on any atom is -0.212 e. The second-order valence-corrected chi connectivity index (χ2v) is 7.64. The van der Waals surface area contributed by atoms with E-state index in [0.717, 1.165) is 19.3 Å². The smallest absolute Gasteiger partial charge is 0.212 e. The summed E-state index contributed by atoms with van der Waals surface area (Å²) in [7, 11) is -3.11. The Kier molecular flexibility index (Phi) is 5.24. The normalized spacial score (nSPS) is 29.0. The fourth-order valence-corrected chi connectivity index (χ4v) is 4.00. The summed E-state index contributed by atoms with van der Waals surface area (Å²) in [5, 5.41) is 0.442. The molecule has 0 heterocycles. The van der Waals surface area contributed by atoms with Crippen molar-refractivity contribution in [3.8, 4) is 0 Å². The zero-order valence-corrected chi connectivity index (χ0v) is 11.4. The fraction of sp³-hybridized carbons (Fsp3) is 1.00. The predicted molar refractivity (Wildman–Crippen MR) is 65.4 cm³/mol. The van der Waals surface area contributed by atoms with Crippen molar-refractivity contribution in [1.29, 1.82) is 0 Å². The van der Waals surface area contributed by atoms with Crippen LogP contribution >= 0.6 is 27.7 Å². The molecule has 0 saturated heterocycles. The minimum absolute atomic E-state index is 0.00238. The summed E-state index contributed by atoms with van der Waals surface area (Å²) in [6.45, 7) is 0. The van der Waals surface area contributed by atoms with Crippen molar-refractivity contribution in [3.63, 3.8) is 0 Å². The van der Waals surface area contributed by atoms with Crippen molar-refractivity contribution in [2.24, 2.45) is 0 Å². The predicted octanol–water partition coefficient (Wildman–Crippen LogP) is 1.93. The van der Waals surface area contributed by atoms with Gasteiger partial charge in [-0.25, -0.2) is 13.1 Å². The molecule has 2 atom stereocenters. The molecule has 1 aliphatic rings. The molecule has 0 spiro atoms. The van der Waals surface area contributed by atoms with Crippen molar-refractivity contribution in [1.82, 2.24) is 4.72 Å². The highest BCUT2D eigenvalue weighted by molar-refractivity contribution is 9.10. The van der Waals surface area contributed by atoms with Crippen LogP contribution in [0.1, 0.15) is 25.7 Å². The molecule has 0 aromatic heterocycles. The van der Waals surface area contributed by atoms with Gasteiger partial charge in [-0.3, -0.25) is 0 Å². The molecule has 0 radical (unpaired) electrons. The first kappa shape index (κ1) is 12.8. The highest BCUT2D eigenvalue weighted by Gasteiger charge is 2.27. The second-order valence-electron chi connectivity index (χ2n) is 3.51. The molecule has 14 heavy (non-hydrogen) atoms. The molecular weight excluding hydrogens is 286 g/mol. The molecule has 2 unspecified atom stereocenters. The number of hydrogen-bond donors (Lipinski definition) is 1. The van der Waals surface area contributed by atoms with E-state index in [0.29, 0.717) is 5.25 Å². The fourth-order valence-electron chi connectivity index (χ4n) is 1.78. The lowest BCUT2D eigenvalue weighted by Gasteiger charge is -2.30. The molecule has 1 saturated carbocycles. The number of alkyl halides is 1. The van der Waals surface area contributed by atoms with E-state index in [-0.39, 0.29) is 10.7 Å². The lowest BCUT2D eigenvalue weighted by Crippen LogP contribution is -2.43. The molecular formula is C8H16BrNO2S2. The summed E-state index contributed by atoms with van der Waals surface area (Å²) in [6, 6.07) is 0.126. The van der Waals surface area contributed by atoms with E-state index in [9.17, 15) is 8.42 Å². The van der Waals surface area contributed by atoms with Crippen LogP contribution in [0.25, 0.3) is 0 Å². The van der Waals surface area contributed by atoms with Crippen molar-refractivity contribution < 1.29 is 8.42 Å². The number of nitrogens with one attached hydrogen (secondary N) is 1. The van der Waals surface area contributed by atoms with Gasteiger partial charge in [-0.15, -0.1) is 0 Å². The van der Waals surface area contributed by atoms with Gasteiger partial charge in [-0.05, 0) is 19.1 Å². The van der Waals surface area contributed by atoms with Gasteiger partial charge in [0.1, 0.15) is 4.66 Å². The van der Waals surface area contributed by atoms with E-state index in [2.05, 4.69) is 20.7 Å². The molecule has 84 valence electrons. The number of thioether (sulfide) groups is 1. The summed E-state index contributed by atoms with van der Waals surface area (Å²) >= 11 is 4.75. The Morgan fingerprint density at radius 3 is 2.64 bits per heavy atom. The van der Waals surface area contributed by atoms with E-state index in [1.54, 1.807) is 11.8 Å². The number of halogens is 1. The molecule has 3 nitrogen and oxygen atoms in total. The summed E-state index contributed by atoms with van der Waals surface area (Å²) in [5.74, 6) is 0. The highest BCUT2D eigenvalue weighted by atomic mass is 79.9. The molecule has 0 amide bonds. The molecule has 1 N–H and O–H groups in total. The standard InChI is InChI=1S/C8H16BrNO2S2/c1-13-8-5-3-2-4-7(8)10-14(11,12)6-9/h7-8,10H,2-6H2,1H3. The molecule has 6 heteroatoms. The zero-order chi connectivity index (χ0) is 10.6. The van der Waals surface area contributed by atoms with E-state index >= 15 is 0 Å². The molecule has 0 aromatic carbocycles. The van der Waals surface area contributed by atoms with Crippen LogP contribution in [0.2, 0.25) is 0 Å². The van der Waals surface area contributed by atoms with Crippen LogP contribution < -0.4 is 4.72 Å². The third-order valence-electron chi connectivity index (χ3n) is 2.48. The van der Waals surface area contributed by atoms with Gasteiger partial charge in [0.15, 0.2) is 0 Å². The SMILES string of the molecule is CSC1CCCCC1NS(=O)(=O)CBr. The Hall–Kier alpha value is 0.740. The Labute approximate surface area is 98.6 Å². The number of hydrogen-bond acceptors (Lipinski definition) is 3. The third-order valence-corrected chi connectivity index (χ3v) is 6.41. The average Bonchev–Trinajstić information content (AvgIpc) is 2.18. The van der Waals surface area contributed by atoms with Gasteiger partial charge in [0.05, 0.1) is 0 Å². The quantitative estimate of drug-likeness (QED) is 0.807. The van der Waals surface area contributed by atoms with Crippen LogP contribution in [0.3, 0.4) is 0 Å². The summed E-state index contributed by atoms with van der Waals surface area (Å²) in [4.78, 5) is 0. The lowest BCUT2D eigenvalue weighted by molar-refractivity contribution is 0.424. The average molecular weight is 302 g/mol. The van der Waals surface area contributed by atoms with E-state index in [1.807, 2.05) is 6.26 Å². The summed E-state index contributed by atoms with van der Waals surface area (Å²) in [5.41, 5.74) is 0. The van der Waals surface area contributed by atoms with Crippen LogP contribution in [-0.4, -0.2) is 30.6 Å². The van der Waals surface area contributed by atoms with E-state index in [4.69, 9.17) is 0 Å². The van der Waals surface area contributed by atoms with Crippen LogP contribution in [-0.2, 0) is 10.0 Å². The summed E-state index contributed by atoms with van der Waals surface area (Å²) in [6.07, 6.45) is 6.49. The van der Waals surface area contributed by atoms with Gasteiger partial charge in [-0.2, -0.15) is 11.8 Å². The van der Waals surface area contributed by atoms with Gasteiger partial charge in [0.25, 0.3) is 0 Å². The Morgan fingerprint density at radius 2 is 2.07 bits per heavy atom. The molecule has 0 bridgehead atoms. The maximum absolute atomic E-state index is 11.4. The van der Waals surface area contributed by atoms with Crippen LogP contribution in [0, 0.1) is 0 Å². The van der Waals surface area contributed by atoms with Crippen LogP contribution in [0.4, 0.5) is 0 Å². The van der Waals surface area contributed by atoms with Gasteiger partial charge in [0.2, 0.25) is 10.0 Å². The van der Waals surface area contributed by atoms with Gasteiger partial charge in [0, 0.05) is 11.3 Å². The van der Waals surface area contributed by atoms with Gasteiger partial charge in [-0.1, -0.05) is 28.8 Å². The second kappa shape index (κ2) is 5.72. The first-order valence-corrected chi connectivity index (χ1v) is 8.74. The molecule has 1 rings (SSSR count). The van der Waals surface area contributed by atoms with Crippen LogP contribution in [0.5, 0.6) is 0 Å². The van der Waals surface area contributed by atoms with Crippen molar-refractivity contribution in [3.05, 3.63) is 0 Å². The van der Waals surface area contributed by atoms with E-state index < -0.39 is 10.0 Å². The molecule has 0 aliphatic heterocycles. The van der Waals surface area contributed by atoms with Crippen molar-refractivity contribution in [2.45, 2.75) is 37.0 Å². The van der Waals surface area contributed by atoms with Gasteiger partial charge >= 0.3 is 0 Å². The monoisotopic (exact) mass is 301 g/mol. The third kappa shape index (κ3) is 3.72. The number of sulfonamides is 1. The Morgan fingerprint density at radius 1 is 1.43 bits per heavy atom. The Balaban J connectivity index is 2.57. The summed E-state index contributed by atoms with van der Waals surface area (Å²) < 4.78 is 25.5. The van der Waals surface area contributed by atoms with E-state index in [1.165, 1.54) is 6.42 Å². The zero-order valence-electron chi connectivity index (χ0n) is 8.20. The van der Waals surface area contributed by atoms with Crippen molar-refractivity contribution >= 4 is 37.7 Å². The molecule has 1 fully saturated rings. The molecule has 0 aromatic rings. The van der Waals surface area contributed by atoms with Crippen molar-refractivity contribution in [2.75, 3.05) is 10.9 Å². The first-order valence-electron chi connectivity index (χ1n) is 4.68. The topological polar surface area (TPSA) is 46.2 Å².